The summed E-state index contributed by atoms with van der Waals surface area (Å²) >= 11 is 0. The normalized spacial score (nSPS) is 21.6. The largest absolute Gasteiger partial charge is 0.370 e. The molecule has 0 bridgehead atoms. The minimum Gasteiger partial charge on any atom is -0.370 e. The van der Waals surface area contributed by atoms with E-state index in [1.807, 2.05) is 73.7 Å². The molecular weight excluding hydrogens is 859 g/mol. The van der Waals surface area contributed by atoms with Crippen LogP contribution in [0.5, 0.6) is 0 Å². The summed E-state index contributed by atoms with van der Waals surface area (Å²) in [4.78, 5) is 113. The van der Waals surface area contributed by atoms with Crippen molar-refractivity contribution in [3.05, 3.63) is 102 Å². The predicted molar refractivity (Wildman–Crippen MR) is 251 cm³/mol. The van der Waals surface area contributed by atoms with E-state index in [0.717, 1.165) is 21.7 Å². The Morgan fingerprint density at radius 3 is 1.97 bits per heavy atom. The fourth-order valence-electron chi connectivity index (χ4n) is 8.00. The number of fused-ring (bicyclic) bond motifs is 2. The molecule has 1 saturated heterocycles. The van der Waals surface area contributed by atoms with Crippen LogP contribution in [0.2, 0.25) is 0 Å². The quantitative estimate of drug-likeness (QED) is 0.0416. The van der Waals surface area contributed by atoms with Crippen LogP contribution in [-0.2, 0) is 52.8 Å². The third kappa shape index (κ3) is 13.9. The number of hydrogen-bond donors (Lipinski definition) is 11. The van der Waals surface area contributed by atoms with Gasteiger partial charge in [0.15, 0.2) is 5.96 Å². The molecule has 3 heterocycles. The van der Waals surface area contributed by atoms with Gasteiger partial charge in [0.1, 0.15) is 36.3 Å². The lowest BCUT2D eigenvalue weighted by Gasteiger charge is -2.28. The number of nitrogens with one attached hydrogen (secondary N) is 8. The number of H-pyrrole nitrogens is 2. The molecule has 0 aliphatic carbocycles. The number of nitrogens with zero attached hydrogens (tertiary/aromatic N) is 2. The lowest BCUT2D eigenvalue weighted by atomic mass is 9.99. The van der Waals surface area contributed by atoms with E-state index in [2.05, 4.69) is 51.8 Å². The number of amides is 7. The second-order valence-electron chi connectivity index (χ2n) is 16.7. The van der Waals surface area contributed by atoms with Crippen LogP contribution in [0.4, 0.5) is 0 Å². The van der Waals surface area contributed by atoms with E-state index >= 15 is 0 Å². The molecule has 6 unspecified atom stereocenters. The van der Waals surface area contributed by atoms with E-state index in [0.29, 0.717) is 29.7 Å². The number of guanidine groups is 1. The first-order valence-corrected chi connectivity index (χ1v) is 22.4. The van der Waals surface area contributed by atoms with Crippen LogP contribution in [0.3, 0.4) is 0 Å². The first kappa shape index (κ1) is 48.7. The van der Waals surface area contributed by atoms with Crippen molar-refractivity contribution in [1.82, 2.24) is 46.9 Å². The summed E-state index contributed by atoms with van der Waals surface area (Å²) in [6, 6.07) is 12.9. The van der Waals surface area contributed by atoms with E-state index in [-0.39, 0.29) is 63.9 Å². The van der Waals surface area contributed by atoms with Gasteiger partial charge in [0, 0.05) is 61.2 Å². The van der Waals surface area contributed by atoms with E-state index < -0.39 is 77.6 Å². The van der Waals surface area contributed by atoms with E-state index in [4.69, 9.17) is 17.2 Å². The number of primary amides is 1. The number of rotatable bonds is 14. The van der Waals surface area contributed by atoms with Gasteiger partial charge in [-0.05, 0) is 53.6 Å². The molecule has 3 aromatic carbocycles. The smallest absolute Gasteiger partial charge is 0.243 e. The summed E-state index contributed by atoms with van der Waals surface area (Å²) < 4.78 is 0. The van der Waals surface area contributed by atoms with Gasteiger partial charge >= 0.3 is 0 Å². The van der Waals surface area contributed by atoms with Crippen molar-refractivity contribution < 1.29 is 33.6 Å². The summed E-state index contributed by atoms with van der Waals surface area (Å²) in [6.07, 6.45) is 5.55. The van der Waals surface area contributed by atoms with Crippen LogP contribution >= 0.6 is 0 Å². The molecule has 20 heteroatoms. The third-order valence-corrected chi connectivity index (χ3v) is 11.6. The molecule has 0 spiro atoms. The molecule has 20 nitrogen and oxygen atoms in total. The van der Waals surface area contributed by atoms with Crippen molar-refractivity contribution in [2.45, 2.75) is 107 Å². The first-order chi connectivity index (χ1) is 32.3. The van der Waals surface area contributed by atoms with Crippen LogP contribution in [0.15, 0.2) is 90.4 Å². The van der Waals surface area contributed by atoms with E-state index in [1.165, 1.54) is 12.5 Å². The lowest BCUT2D eigenvalue weighted by Crippen LogP contribution is -2.60. The molecule has 2 aromatic heterocycles. The zero-order valence-electron chi connectivity index (χ0n) is 37.3. The Bertz CT molecular complexity index is 2570. The Balaban J connectivity index is 1.40. The molecule has 1 aliphatic heterocycles. The first-order valence-electron chi connectivity index (χ1n) is 22.4. The maximum absolute atomic E-state index is 14.7. The molecule has 1 fully saturated rings. The van der Waals surface area contributed by atoms with Gasteiger partial charge in [-0.2, -0.15) is 0 Å². The molecule has 354 valence electrons. The zero-order valence-corrected chi connectivity index (χ0v) is 37.3. The number of unbranched alkanes of at least 4 members (excludes halogenated alkanes) is 1. The monoisotopic (exact) mass is 917 g/mol. The standard InChI is InChI=1S/C47H59N13O7/c1-2-3-12-35-42(63)60-39(23-31-25-51-26-54-31)46(67)58-37(21-27-15-16-28-9-4-5-10-29(28)20-27)44(65)57-36(14-8-19-52-47(49)50)43(64)59-38(22-30-24-53-33-13-7-6-11-32(30)33)45(66)56-34(41(48)62)17-18-40(61)55-35/h4-7,9-11,13,15-16,20,24-26,34-39,53H,2-3,8,12,14,17-19,21-23H2,1H3,(H2,48,62)(H,51,54)(H,55,61)(H,56,66)(H,57,65)(H,58,67)(H,59,64)(H,60,63)(H4,49,50,52). The predicted octanol–water partition coefficient (Wildman–Crippen LogP) is 0.504. The average Bonchev–Trinajstić information content (AvgIpc) is 3.98. The number of aromatic nitrogens is 3. The van der Waals surface area contributed by atoms with Gasteiger partial charge in [0.2, 0.25) is 41.4 Å². The molecule has 0 saturated carbocycles. The third-order valence-electron chi connectivity index (χ3n) is 11.6. The van der Waals surface area contributed by atoms with Crippen LogP contribution < -0.4 is 49.1 Å². The Kier molecular flexibility index (Phi) is 17.0. The Labute approximate surface area is 386 Å². The van der Waals surface area contributed by atoms with Crippen molar-refractivity contribution in [2.24, 2.45) is 22.2 Å². The second kappa shape index (κ2) is 23.4. The van der Waals surface area contributed by atoms with Crippen molar-refractivity contribution in [1.29, 1.82) is 0 Å². The molecular formula is C47H59N13O7. The summed E-state index contributed by atoms with van der Waals surface area (Å²) in [7, 11) is 0. The van der Waals surface area contributed by atoms with Crippen LogP contribution in [0.1, 0.15) is 68.7 Å². The number of hydrogen-bond acceptors (Lipinski definition) is 9. The second-order valence-corrected chi connectivity index (χ2v) is 16.7. The molecule has 6 rings (SSSR count). The SMILES string of the molecule is CCCCC1NC(=O)CCC(C(N)=O)NC(=O)C(Cc2c[nH]c3ccccc23)NC(=O)C(CCCN=C(N)N)NC(=O)C(Cc2ccc3ccccc3c2)NC(=O)C(Cc2cnc[nH]2)NC1=O. The van der Waals surface area contributed by atoms with E-state index in [1.54, 1.807) is 6.20 Å². The molecule has 6 atom stereocenters. The van der Waals surface area contributed by atoms with Gasteiger partial charge in [0.25, 0.3) is 0 Å². The summed E-state index contributed by atoms with van der Waals surface area (Å²) in [5.74, 6) is -5.40. The fourth-order valence-corrected chi connectivity index (χ4v) is 8.00. The number of nitrogens with two attached hydrogens (primary N) is 3. The highest BCUT2D eigenvalue weighted by atomic mass is 16.2. The van der Waals surface area contributed by atoms with Gasteiger partial charge in [-0.1, -0.05) is 80.4 Å². The maximum atomic E-state index is 14.7. The number of imidazole rings is 1. The molecule has 7 amide bonds. The van der Waals surface area contributed by atoms with Gasteiger partial charge in [-0.25, -0.2) is 4.98 Å². The van der Waals surface area contributed by atoms with Crippen molar-refractivity contribution in [2.75, 3.05) is 6.54 Å². The van der Waals surface area contributed by atoms with Gasteiger partial charge in [0.05, 0.1) is 6.33 Å². The Morgan fingerprint density at radius 2 is 1.28 bits per heavy atom. The highest BCUT2D eigenvalue weighted by molar-refractivity contribution is 5.98. The van der Waals surface area contributed by atoms with Crippen LogP contribution in [0.25, 0.3) is 21.7 Å². The van der Waals surface area contributed by atoms with Crippen LogP contribution in [-0.4, -0.2) is 105 Å². The summed E-state index contributed by atoms with van der Waals surface area (Å²) in [5, 5.41) is 19.2. The van der Waals surface area contributed by atoms with Gasteiger partial charge in [-0.15, -0.1) is 0 Å². The number of carbonyl (C=O) groups is 7. The molecule has 0 radical (unpaired) electrons. The molecule has 5 aromatic rings. The Morgan fingerprint density at radius 1 is 0.672 bits per heavy atom. The van der Waals surface area contributed by atoms with Crippen LogP contribution in [0, 0.1) is 0 Å². The molecule has 1 aliphatic rings. The van der Waals surface area contributed by atoms with Gasteiger partial charge < -0.3 is 59.1 Å². The number of aromatic amines is 2. The highest BCUT2D eigenvalue weighted by Gasteiger charge is 2.34. The molecule has 14 N–H and O–H groups in total. The topological polar surface area (TPSA) is 327 Å². The number of aliphatic imine (C=N–C) groups is 1. The zero-order chi connectivity index (χ0) is 47.9. The van der Waals surface area contributed by atoms with Crippen molar-refractivity contribution in [3.8, 4) is 0 Å². The maximum Gasteiger partial charge on any atom is 0.243 e. The number of carbonyl (C=O) groups excluding carboxylic acids is 7. The number of para-hydroxylation sites is 1. The fraction of sp³-hybridized carbons (Fsp3) is 0.383. The van der Waals surface area contributed by atoms with Gasteiger partial charge in [-0.3, -0.25) is 38.6 Å². The Hall–Kier alpha value is -7.77. The minimum absolute atomic E-state index is 0.0108. The molecule has 67 heavy (non-hydrogen) atoms. The summed E-state index contributed by atoms with van der Waals surface area (Å²) in [5.41, 5.74) is 19.5. The average molecular weight is 918 g/mol. The van der Waals surface area contributed by atoms with Crippen molar-refractivity contribution >= 4 is 69.0 Å². The number of benzene rings is 3. The minimum atomic E-state index is -1.36. The highest BCUT2D eigenvalue weighted by Crippen LogP contribution is 2.21. The van der Waals surface area contributed by atoms with Crippen molar-refractivity contribution in [3.63, 3.8) is 0 Å². The lowest BCUT2D eigenvalue weighted by molar-refractivity contribution is -0.135. The van der Waals surface area contributed by atoms with E-state index in [9.17, 15) is 33.6 Å². The summed E-state index contributed by atoms with van der Waals surface area (Å²) in [6.45, 7) is 2.02.